The molecule has 0 saturated heterocycles. The molecular weight excluding hydrogens is 330 g/mol. The Morgan fingerprint density at radius 3 is 2.42 bits per heavy atom. The molecule has 1 aliphatic rings. The molecule has 1 amide bonds. The van der Waals surface area contributed by atoms with Gasteiger partial charge < -0.3 is 4.90 Å². The highest BCUT2D eigenvalue weighted by molar-refractivity contribution is 5.81. The van der Waals surface area contributed by atoms with Crippen LogP contribution in [0.1, 0.15) is 46.0 Å². The summed E-state index contributed by atoms with van der Waals surface area (Å²) in [5.74, 6) is -0.0482. The van der Waals surface area contributed by atoms with E-state index in [2.05, 4.69) is 0 Å². The van der Waals surface area contributed by atoms with Gasteiger partial charge in [-0.3, -0.25) is 18.7 Å². The number of aromatic nitrogens is 2. The summed E-state index contributed by atoms with van der Waals surface area (Å²) in [4.78, 5) is 40.2. The zero-order valence-corrected chi connectivity index (χ0v) is 15.6. The zero-order chi connectivity index (χ0) is 18.7. The third kappa shape index (κ3) is 3.32. The van der Waals surface area contributed by atoms with Crippen LogP contribution in [0.25, 0.3) is 10.9 Å². The summed E-state index contributed by atoms with van der Waals surface area (Å²) in [6.07, 6.45) is 5.59. The van der Waals surface area contributed by atoms with Crippen molar-refractivity contribution >= 4 is 16.8 Å². The molecule has 1 aliphatic carbocycles. The standard InChI is InChI=1S/C20H27N3O3/c1-3-21(15-10-6-5-7-11-15)18(24)14-23-17-13-9-8-12-16(17)19(25)22(4-2)20(23)26/h8-9,12-13,15H,3-7,10-11,14H2,1-2H3. The lowest BCUT2D eigenvalue weighted by atomic mass is 9.94. The van der Waals surface area contributed by atoms with Crippen LogP contribution in [0.4, 0.5) is 0 Å². The van der Waals surface area contributed by atoms with E-state index in [1.165, 1.54) is 15.6 Å². The van der Waals surface area contributed by atoms with E-state index in [0.29, 0.717) is 17.4 Å². The number of hydrogen-bond donors (Lipinski definition) is 0. The number of para-hydroxylation sites is 1. The Morgan fingerprint density at radius 2 is 1.77 bits per heavy atom. The van der Waals surface area contributed by atoms with Crippen LogP contribution in [0.5, 0.6) is 0 Å². The summed E-state index contributed by atoms with van der Waals surface area (Å²) < 4.78 is 2.65. The Kier molecular flexibility index (Phi) is 5.59. The van der Waals surface area contributed by atoms with E-state index < -0.39 is 5.69 Å². The molecule has 0 radical (unpaired) electrons. The number of carbonyl (C=O) groups is 1. The van der Waals surface area contributed by atoms with Crippen molar-refractivity contribution in [2.75, 3.05) is 6.54 Å². The fraction of sp³-hybridized carbons (Fsp3) is 0.550. The number of amides is 1. The molecule has 2 aromatic rings. The van der Waals surface area contributed by atoms with E-state index in [9.17, 15) is 14.4 Å². The highest BCUT2D eigenvalue weighted by Gasteiger charge is 2.25. The lowest BCUT2D eigenvalue weighted by Crippen LogP contribution is -2.46. The van der Waals surface area contributed by atoms with Gasteiger partial charge in [0, 0.05) is 19.1 Å². The minimum atomic E-state index is -0.413. The molecule has 0 bridgehead atoms. The van der Waals surface area contributed by atoms with Crippen molar-refractivity contribution in [3.05, 3.63) is 45.1 Å². The van der Waals surface area contributed by atoms with E-state index in [1.54, 1.807) is 31.2 Å². The Labute approximate surface area is 153 Å². The second kappa shape index (κ2) is 7.89. The quantitative estimate of drug-likeness (QED) is 0.825. The topological polar surface area (TPSA) is 64.3 Å². The molecule has 3 rings (SSSR count). The predicted molar refractivity (Wildman–Crippen MR) is 102 cm³/mol. The van der Waals surface area contributed by atoms with Crippen LogP contribution in [0.3, 0.4) is 0 Å². The maximum atomic E-state index is 13.0. The van der Waals surface area contributed by atoms with Crippen molar-refractivity contribution in [2.24, 2.45) is 0 Å². The van der Waals surface area contributed by atoms with Crippen molar-refractivity contribution in [3.8, 4) is 0 Å². The van der Waals surface area contributed by atoms with Gasteiger partial charge in [0.2, 0.25) is 5.91 Å². The van der Waals surface area contributed by atoms with E-state index in [1.807, 2.05) is 11.8 Å². The lowest BCUT2D eigenvalue weighted by molar-refractivity contribution is -0.134. The van der Waals surface area contributed by atoms with Crippen molar-refractivity contribution in [1.82, 2.24) is 14.0 Å². The molecule has 1 saturated carbocycles. The summed E-state index contributed by atoms with van der Waals surface area (Å²) in [5.41, 5.74) is -0.180. The summed E-state index contributed by atoms with van der Waals surface area (Å²) in [6, 6.07) is 7.28. The van der Waals surface area contributed by atoms with E-state index in [0.717, 1.165) is 25.7 Å². The van der Waals surface area contributed by atoms with Gasteiger partial charge in [-0.2, -0.15) is 0 Å². The zero-order valence-electron chi connectivity index (χ0n) is 15.6. The second-order valence-corrected chi connectivity index (χ2v) is 6.91. The maximum absolute atomic E-state index is 13.0. The highest BCUT2D eigenvalue weighted by atomic mass is 16.2. The fourth-order valence-electron chi connectivity index (χ4n) is 4.06. The predicted octanol–water partition coefficient (Wildman–Crippen LogP) is 2.36. The van der Waals surface area contributed by atoms with Crippen LogP contribution >= 0.6 is 0 Å². The van der Waals surface area contributed by atoms with Crippen LogP contribution in [0.15, 0.2) is 33.9 Å². The van der Waals surface area contributed by atoms with Crippen LogP contribution in [-0.2, 0) is 17.9 Å². The molecule has 6 heteroatoms. The molecule has 1 fully saturated rings. The normalized spacial score (nSPS) is 15.3. The van der Waals surface area contributed by atoms with Crippen LogP contribution in [0.2, 0.25) is 0 Å². The van der Waals surface area contributed by atoms with Crippen molar-refractivity contribution < 1.29 is 4.79 Å². The van der Waals surface area contributed by atoms with Crippen LogP contribution < -0.4 is 11.2 Å². The fourth-order valence-corrected chi connectivity index (χ4v) is 4.06. The average molecular weight is 357 g/mol. The molecule has 0 atom stereocenters. The Bertz CT molecular complexity index is 907. The van der Waals surface area contributed by atoms with Crippen LogP contribution in [0, 0.1) is 0 Å². The van der Waals surface area contributed by atoms with E-state index >= 15 is 0 Å². The minimum Gasteiger partial charge on any atom is -0.338 e. The first kappa shape index (κ1) is 18.4. The number of nitrogens with zero attached hydrogens (tertiary/aromatic N) is 3. The first-order valence-electron chi connectivity index (χ1n) is 9.60. The van der Waals surface area contributed by atoms with Crippen molar-refractivity contribution in [2.45, 2.75) is 65.1 Å². The summed E-state index contributed by atoms with van der Waals surface area (Å²) in [5, 5.41) is 0.475. The first-order valence-corrected chi connectivity index (χ1v) is 9.60. The third-order valence-electron chi connectivity index (χ3n) is 5.42. The molecule has 0 aliphatic heterocycles. The van der Waals surface area contributed by atoms with Gasteiger partial charge >= 0.3 is 5.69 Å². The van der Waals surface area contributed by atoms with Crippen molar-refractivity contribution in [3.63, 3.8) is 0 Å². The molecule has 6 nitrogen and oxygen atoms in total. The Hall–Kier alpha value is -2.37. The number of rotatable bonds is 5. The second-order valence-electron chi connectivity index (χ2n) is 6.91. The van der Waals surface area contributed by atoms with Gasteiger partial charge in [0.15, 0.2) is 0 Å². The van der Waals surface area contributed by atoms with E-state index in [-0.39, 0.29) is 30.6 Å². The average Bonchev–Trinajstić information content (AvgIpc) is 2.67. The SMILES string of the molecule is CCN(C(=O)Cn1c(=O)n(CC)c(=O)c2ccccc21)C1CCCCC1. The lowest BCUT2D eigenvalue weighted by Gasteiger charge is -2.34. The van der Waals surface area contributed by atoms with Gasteiger partial charge in [-0.1, -0.05) is 31.4 Å². The molecule has 140 valence electrons. The van der Waals surface area contributed by atoms with Gasteiger partial charge in [0.1, 0.15) is 6.54 Å². The smallest absolute Gasteiger partial charge is 0.331 e. The van der Waals surface area contributed by atoms with Gasteiger partial charge in [-0.25, -0.2) is 4.79 Å². The molecule has 1 aromatic heterocycles. The van der Waals surface area contributed by atoms with Gasteiger partial charge in [-0.15, -0.1) is 0 Å². The van der Waals surface area contributed by atoms with E-state index in [4.69, 9.17) is 0 Å². The molecule has 26 heavy (non-hydrogen) atoms. The van der Waals surface area contributed by atoms with Gasteiger partial charge in [0.25, 0.3) is 5.56 Å². The highest BCUT2D eigenvalue weighted by Crippen LogP contribution is 2.23. The van der Waals surface area contributed by atoms with Crippen molar-refractivity contribution in [1.29, 1.82) is 0 Å². The number of hydrogen-bond acceptors (Lipinski definition) is 3. The summed E-state index contributed by atoms with van der Waals surface area (Å²) in [7, 11) is 0. The monoisotopic (exact) mass is 357 g/mol. The maximum Gasteiger partial charge on any atom is 0.331 e. The number of fused-ring (bicyclic) bond motifs is 1. The summed E-state index contributed by atoms with van der Waals surface area (Å²) in [6.45, 7) is 4.66. The Balaban J connectivity index is 2.01. The number of benzene rings is 1. The molecule has 0 N–H and O–H groups in total. The van der Waals surface area contributed by atoms with Gasteiger partial charge in [-0.05, 0) is 38.8 Å². The molecule has 1 aromatic carbocycles. The molecule has 0 spiro atoms. The van der Waals surface area contributed by atoms with Gasteiger partial charge in [0.05, 0.1) is 10.9 Å². The molecular formula is C20H27N3O3. The van der Waals surface area contributed by atoms with Crippen LogP contribution in [-0.4, -0.2) is 32.5 Å². The molecule has 1 heterocycles. The first-order chi connectivity index (χ1) is 12.6. The number of likely N-dealkylation sites (N-methyl/N-ethyl adjacent to an activating group) is 1. The molecule has 0 unspecified atom stereocenters. The third-order valence-corrected chi connectivity index (χ3v) is 5.42. The Morgan fingerprint density at radius 1 is 1.08 bits per heavy atom. The minimum absolute atomic E-state index is 0.0238. The largest absolute Gasteiger partial charge is 0.338 e. The summed E-state index contributed by atoms with van der Waals surface area (Å²) >= 11 is 0. The number of carbonyl (C=O) groups excluding carboxylic acids is 1.